The van der Waals surface area contributed by atoms with Gasteiger partial charge < -0.3 is 4.74 Å². The summed E-state index contributed by atoms with van der Waals surface area (Å²) in [5.74, 6) is 1.75. The first-order valence-corrected chi connectivity index (χ1v) is 9.00. The van der Waals surface area contributed by atoms with Crippen molar-refractivity contribution in [2.75, 3.05) is 6.61 Å². The normalized spacial score (nSPS) is 11.5. The van der Waals surface area contributed by atoms with Gasteiger partial charge in [-0.1, -0.05) is 32.9 Å². The van der Waals surface area contributed by atoms with Crippen LogP contribution in [-0.2, 0) is 0 Å². The smallest absolute Gasteiger partial charge is 0.159 e. The van der Waals surface area contributed by atoms with Gasteiger partial charge in [-0.3, -0.25) is 4.79 Å². The van der Waals surface area contributed by atoms with E-state index in [0.29, 0.717) is 29.5 Å². The van der Waals surface area contributed by atoms with Crippen LogP contribution in [0.1, 0.15) is 56.5 Å². The van der Waals surface area contributed by atoms with Gasteiger partial charge in [-0.2, -0.15) is 0 Å². The van der Waals surface area contributed by atoms with Crippen LogP contribution < -0.4 is 4.74 Å². The van der Waals surface area contributed by atoms with Crippen molar-refractivity contribution in [2.24, 2.45) is 5.92 Å². The zero-order valence-corrected chi connectivity index (χ0v) is 16.0. The zero-order valence-electron chi connectivity index (χ0n) is 16.0. The molecule has 1 aromatic heterocycles. The van der Waals surface area contributed by atoms with Crippen LogP contribution in [-0.4, -0.2) is 27.4 Å². The molecule has 0 radical (unpaired) electrons. The molecule has 0 amide bonds. The Morgan fingerprint density at radius 3 is 2.54 bits per heavy atom. The second kappa shape index (κ2) is 7.28. The van der Waals surface area contributed by atoms with Crippen LogP contribution in [0.3, 0.4) is 0 Å². The number of carbonyl (C=O) groups is 1. The number of carbonyl (C=O) groups excluding carboxylic acids is 1. The average molecular weight is 351 g/mol. The van der Waals surface area contributed by atoms with E-state index in [1.165, 1.54) is 0 Å². The van der Waals surface area contributed by atoms with E-state index < -0.39 is 0 Å². The van der Waals surface area contributed by atoms with Crippen LogP contribution in [0.5, 0.6) is 5.75 Å². The molecule has 0 unspecified atom stereocenters. The molecule has 0 aliphatic rings. The number of nitrogens with zero attached hydrogens (tertiary/aromatic N) is 3. The molecule has 5 nitrogen and oxygen atoms in total. The van der Waals surface area contributed by atoms with Crippen molar-refractivity contribution in [2.45, 2.75) is 40.5 Å². The molecule has 3 rings (SSSR count). The van der Waals surface area contributed by atoms with Gasteiger partial charge in [-0.05, 0) is 60.7 Å². The van der Waals surface area contributed by atoms with Gasteiger partial charge in [0.2, 0.25) is 0 Å². The Balaban J connectivity index is 2.02. The van der Waals surface area contributed by atoms with E-state index in [9.17, 15) is 4.79 Å². The minimum atomic E-state index is 0.0233. The fourth-order valence-corrected chi connectivity index (χ4v) is 2.84. The molecule has 0 aliphatic heterocycles. The molecular formula is C21H25N3O2. The number of rotatable bonds is 6. The predicted octanol–water partition coefficient (Wildman–Crippen LogP) is 4.78. The molecule has 0 N–H and O–H groups in total. The molecular weight excluding hydrogens is 326 g/mol. The number of ketones is 1. The maximum absolute atomic E-state index is 11.6. The molecule has 2 aromatic carbocycles. The first kappa shape index (κ1) is 18.1. The van der Waals surface area contributed by atoms with Crippen molar-refractivity contribution < 1.29 is 9.53 Å². The molecule has 0 aliphatic carbocycles. The van der Waals surface area contributed by atoms with Crippen LogP contribution in [0.2, 0.25) is 0 Å². The maximum atomic E-state index is 11.6. The summed E-state index contributed by atoms with van der Waals surface area (Å²) in [5, 5.41) is 8.51. The highest BCUT2D eigenvalue weighted by molar-refractivity contribution is 5.97. The minimum Gasteiger partial charge on any atom is -0.493 e. The monoisotopic (exact) mass is 351 g/mol. The summed E-state index contributed by atoms with van der Waals surface area (Å²) in [6.45, 7) is 10.8. The molecule has 0 bridgehead atoms. The summed E-state index contributed by atoms with van der Waals surface area (Å²) in [6.07, 6.45) is 0. The summed E-state index contributed by atoms with van der Waals surface area (Å²) in [5.41, 5.74) is 4.31. The molecule has 5 heteroatoms. The average Bonchev–Trinajstić information content (AvgIpc) is 3.02. The third-order valence-corrected chi connectivity index (χ3v) is 4.28. The fourth-order valence-electron chi connectivity index (χ4n) is 2.84. The van der Waals surface area contributed by atoms with E-state index in [-0.39, 0.29) is 5.78 Å². The van der Waals surface area contributed by atoms with E-state index >= 15 is 0 Å². The number of fused-ring (bicyclic) bond motifs is 1. The second-order valence-corrected chi connectivity index (χ2v) is 7.34. The Morgan fingerprint density at radius 1 is 1.12 bits per heavy atom. The van der Waals surface area contributed by atoms with Crippen molar-refractivity contribution in [3.63, 3.8) is 0 Å². The van der Waals surface area contributed by atoms with Crippen LogP contribution in [0.25, 0.3) is 16.7 Å². The van der Waals surface area contributed by atoms with Gasteiger partial charge in [0.1, 0.15) is 11.3 Å². The molecule has 0 saturated carbocycles. The van der Waals surface area contributed by atoms with Crippen LogP contribution >= 0.6 is 0 Å². The molecule has 3 aromatic rings. The first-order valence-electron chi connectivity index (χ1n) is 9.00. The van der Waals surface area contributed by atoms with Gasteiger partial charge in [0.25, 0.3) is 0 Å². The minimum absolute atomic E-state index is 0.0233. The SMILES string of the molecule is CC(=O)c1ccc2c(c1)nnn2-c1ccc(OCC(C)C)c(C(C)C)c1. The van der Waals surface area contributed by atoms with Crippen molar-refractivity contribution in [1.82, 2.24) is 15.0 Å². The van der Waals surface area contributed by atoms with Gasteiger partial charge in [0.05, 0.1) is 17.8 Å². The molecule has 0 saturated heterocycles. The van der Waals surface area contributed by atoms with E-state index in [2.05, 4.69) is 44.1 Å². The molecule has 0 fully saturated rings. The number of aromatic nitrogens is 3. The van der Waals surface area contributed by atoms with Crippen molar-refractivity contribution in [3.8, 4) is 11.4 Å². The molecule has 136 valence electrons. The summed E-state index contributed by atoms with van der Waals surface area (Å²) in [7, 11) is 0. The highest BCUT2D eigenvalue weighted by atomic mass is 16.5. The van der Waals surface area contributed by atoms with Crippen LogP contribution in [0.4, 0.5) is 0 Å². The Kier molecular flexibility index (Phi) is 5.07. The van der Waals surface area contributed by atoms with E-state index in [4.69, 9.17) is 4.74 Å². The van der Waals surface area contributed by atoms with Gasteiger partial charge in [-0.15, -0.1) is 5.10 Å². The third-order valence-electron chi connectivity index (χ3n) is 4.28. The van der Waals surface area contributed by atoms with Gasteiger partial charge in [0.15, 0.2) is 5.78 Å². The number of hydrogen-bond acceptors (Lipinski definition) is 4. The van der Waals surface area contributed by atoms with Crippen LogP contribution in [0, 0.1) is 5.92 Å². The molecule has 0 spiro atoms. The van der Waals surface area contributed by atoms with E-state index in [1.807, 2.05) is 24.3 Å². The zero-order chi connectivity index (χ0) is 18.8. The first-order chi connectivity index (χ1) is 12.4. The highest BCUT2D eigenvalue weighted by Crippen LogP contribution is 2.30. The van der Waals surface area contributed by atoms with Crippen molar-refractivity contribution in [1.29, 1.82) is 0 Å². The van der Waals surface area contributed by atoms with Gasteiger partial charge in [0, 0.05) is 5.56 Å². The largest absolute Gasteiger partial charge is 0.493 e. The molecule has 26 heavy (non-hydrogen) atoms. The van der Waals surface area contributed by atoms with E-state index in [1.54, 1.807) is 17.7 Å². The molecule has 1 heterocycles. The van der Waals surface area contributed by atoms with Gasteiger partial charge >= 0.3 is 0 Å². The lowest BCUT2D eigenvalue weighted by Gasteiger charge is -2.17. The lowest BCUT2D eigenvalue weighted by Crippen LogP contribution is -2.07. The van der Waals surface area contributed by atoms with Gasteiger partial charge in [-0.25, -0.2) is 4.68 Å². The third kappa shape index (κ3) is 3.62. The predicted molar refractivity (Wildman–Crippen MR) is 103 cm³/mol. The van der Waals surface area contributed by atoms with Crippen molar-refractivity contribution >= 4 is 16.8 Å². The summed E-state index contributed by atoms with van der Waals surface area (Å²) < 4.78 is 7.78. The lowest BCUT2D eigenvalue weighted by atomic mass is 10.0. The highest BCUT2D eigenvalue weighted by Gasteiger charge is 2.14. The Labute approximate surface area is 154 Å². The topological polar surface area (TPSA) is 57.0 Å². The Bertz CT molecular complexity index is 942. The lowest BCUT2D eigenvalue weighted by molar-refractivity contribution is 0.101. The molecule has 0 atom stereocenters. The second-order valence-electron chi connectivity index (χ2n) is 7.34. The summed E-state index contributed by atoms with van der Waals surface area (Å²) >= 11 is 0. The quantitative estimate of drug-likeness (QED) is 0.600. The summed E-state index contributed by atoms with van der Waals surface area (Å²) in [4.78, 5) is 11.6. The number of hydrogen-bond donors (Lipinski definition) is 0. The van der Waals surface area contributed by atoms with Crippen molar-refractivity contribution in [3.05, 3.63) is 47.5 Å². The van der Waals surface area contributed by atoms with E-state index in [0.717, 1.165) is 22.5 Å². The standard InChI is InChI=1S/C21H25N3O2/c1-13(2)12-26-21-9-7-17(11-18(21)14(3)4)24-20-8-6-16(15(5)25)10-19(20)22-23-24/h6-11,13-14H,12H2,1-5H3. The fraction of sp³-hybridized carbons (Fsp3) is 0.381. The maximum Gasteiger partial charge on any atom is 0.159 e. The Morgan fingerprint density at radius 2 is 1.88 bits per heavy atom. The Hall–Kier alpha value is -2.69. The number of ether oxygens (including phenoxy) is 1. The summed E-state index contributed by atoms with van der Waals surface area (Å²) in [6, 6.07) is 11.6. The van der Waals surface area contributed by atoms with Crippen LogP contribution in [0.15, 0.2) is 36.4 Å². The number of Topliss-reactive ketones (excluding diaryl/α,β-unsaturated/α-hetero) is 1. The number of benzene rings is 2.